The normalized spacial score (nSPS) is 17.1. The Hall–Kier alpha value is -1.84. The first-order valence-electron chi connectivity index (χ1n) is 8.38. The summed E-state index contributed by atoms with van der Waals surface area (Å²) in [5.41, 5.74) is 0.302. The maximum absolute atomic E-state index is 13.2. The van der Waals surface area contributed by atoms with E-state index in [-0.39, 0.29) is 35.7 Å². The predicted octanol–water partition coefficient (Wildman–Crippen LogP) is 2.90. The number of halogens is 2. The van der Waals surface area contributed by atoms with Crippen LogP contribution in [0.3, 0.4) is 0 Å². The van der Waals surface area contributed by atoms with Crippen molar-refractivity contribution in [2.75, 3.05) is 13.1 Å². The van der Waals surface area contributed by atoms with Crippen LogP contribution in [0.1, 0.15) is 18.4 Å². The van der Waals surface area contributed by atoms with Gasteiger partial charge in [-0.3, -0.25) is 0 Å². The molecule has 0 spiro atoms. The molecular formula is C18H19F2NO4S2. The summed E-state index contributed by atoms with van der Waals surface area (Å²) in [5, 5.41) is -0.733. The van der Waals surface area contributed by atoms with Crippen LogP contribution in [0.4, 0.5) is 8.78 Å². The number of hydrogen-bond donors (Lipinski definition) is 0. The van der Waals surface area contributed by atoms with Crippen molar-refractivity contribution in [2.24, 2.45) is 0 Å². The molecule has 27 heavy (non-hydrogen) atoms. The molecule has 9 heteroatoms. The van der Waals surface area contributed by atoms with Gasteiger partial charge in [-0.25, -0.2) is 25.6 Å². The Morgan fingerprint density at radius 3 is 2.00 bits per heavy atom. The summed E-state index contributed by atoms with van der Waals surface area (Å²) < 4.78 is 78.5. The highest BCUT2D eigenvalue weighted by Crippen LogP contribution is 2.29. The lowest BCUT2D eigenvalue weighted by atomic mass is 10.2. The molecule has 5 nitrogen and oxygen atoms in total. The first-order chi connectivity index (χ1) is 12.6. The highest BCUT2D eigenvalue weighted by atomic mass is 32.2. The van der Waals surface area contributed by atoms with Gasteiger partial charge in [0.1, 0.15) is 11.6 Å². The SMILES string of the molecule is Cc1cc(F)ccc1S(=O)(=O)N1CCC(S(=O)(=O)c2ccc(F)cc2)CC1. The zero-order valence-electron chi connectivity index (χ0n) is 14.6. The molecule has 146 valence electrons. The molecule has 3 rings (SSSR count). The van der Waals surface area contributed by atoms with Crippen LogP contribution < -0.4 is 0 Å². The lowest BCUT2D eigenvalue weighted by Crippen LogP contribution is -2.42. The van der Waals surface area contributed by atoms with E-state index in [1.54, 1.807) is 0 Å². The molecule has 0 N–H and O–H groups in total. The molecule has 0 saturated carbocycles. The molecule has 1 aliphatic rings. The fourth-order valence-electron chi connectivity index (χ4n) is 3.24. The van der Waals surface area contributed by atoms with E-state index in [1.165, 1.54) is 29.4 Å². The Morgan fingerprint density at radius 1 is 0.889 bits per heavy atom. The second-order valence-corrected chi connectivity index (χ2v) is 10.6. The van der Waals surface area contributed by atoms with E-state index in [4.69, 9.17) is 0 Å². The van der Waals surface area contributed by atoms with Crippen LogP contribution in [-0.4, -0.2) is 39.5 Å². The van der Waals surface area contributed by atoms with Crippen molar-refractivity contribution in [3.05, 3.63) is 59.7 Å². The number of sulfone groups is 1. The number of piperidine rings is 1. The molecule has 0 aliphatic carbocycles. The molecule has 0 radical (unpaired) electrons. The molecule has 0 amide bonds. The number of hydrogen-bond acceptors (Lipinski definition) is 4. The monoisotopic (exact) mass is 415 g/mol. The van der Waals surface area contributed by atoms with Gasteiger partial charge < -0.3 is 0 Å². The molecular weight excluding hydrogens is 396 g/mol. The molecule has 1 heterocycles. The zero-order chi connectivity index (χ0) is 19.8. The van der Waals surface area contributed by atoms with Crippen molar-refractivity contribution in [3.8, 4) is 0 Å². The standard InChI is InChI=1S/C18H19F2NO4S2/c1-13-12-15(20)4-7-18(13)27(24,25)21-10-8-17(9-11-21)26(22,23)16-5-2-14(19)3-6-16/h2-7,12,17H,8-11H2,1H3. The van der Waals surface area contributed by atoms with Gasteiger partial charge in [0.25, 0.3) is 0 Å². The van der Waals surface area contributed by atoms with Crippen molar-refractivity contribution >= 4 is 19.9 Å². The minimum Gasteiger partial charge on any atom is -0.223 e. The molecule has 1 saturated heterocycles. The quantitative estimate of drug-likeness (QED) is 0.720. The van der Waals surface area contributed by atoms with Gasteiger partial charge >= 0.3 is 0 Å². The molecule has 0 atom stereocenters. The lowest BCUT2D eigenvalue weighted by molar-refractivity contribution is 0.345. The minimum absolute atomic E-state index is 0.0174. The van der Waals surface area contributed by atoms with Crippen LogP contribution >= 0.6 is 0 Å². The Kier molecular flexibility index (Phi) is 5.38. The number of aryl methyl sites for hydroxylation is 1. The average molecular weight is 415 g/mol. The third-order valence-corrected chi connectivity index (χ3v) is 9.07. The fourth-order valence-corrected chi connectivity index (χ4v) is 6.65. The van der Waals surface area contributed by atoms with Crippen LogP contribution in [0.5, 0.6) is 0 Å². The molecule has 0 unspecified atom stereocenters. The summed E-state index contributed by atoms with van der Waals surface area (Å²) >= 11 is 0. The van der Waals surface area contributed by atoms with Crippen molar-refractivity contribution in [1.82, 2.24) is 4.31 Å². The van der Waals surface area contributed by atoms with E-state index in [2.05, 4.69) is 0 Å². The van der Waals surface area contributed by atoms with E-state index in [9.17, 15) is 25.6 Å². The minimum atomic E-state index is -3.83. The van der Waals surface area contributed by atoms with E-state index >= 15 is 0 Å². The Bertz CT molecular complexity index is 1040. The van der Waals surface area contributed by atoms with E-state index in [0.29, 0.717) is 5.56 Å². The average Bonchev–Trinajstić information content (AvgIpc) is 2.62. The van der Waals surface area contributed by atoms with E-state index in [1.807, 2.05) is 0 Å². The number of rotatable bonds is 4. The van der Waals surface area contributed by atoms with Crippen molar-refractivity contribution in [3.63, 3.8) is 0 Å². The molecule has 2 aromatic carbocycles. The molecule has 0 bridgehead atoms. The fraction of sp³-hybridized carbons (Fsp3) is 0.333. The molecule has 1 aliphatic heterocycles. The maximum Gasteiger partial charge on any atom is 0.243 e. The van der Waals surface area contributed by atoms with E-state index in [0.717, 1.165) is 24.3 Å². The van der Waals surface area contributed by atoms with Crippen molar-refractivity contribution in [2.45, 2.75) is 34.8 Å². The Labute approximate surface area is 157 Å². The van der Waals surface area contributed by atoms with Gasteiger partial charge in [0, 0.05) is 13.1 Å². The van der Waals surface area contributed by atoms with Crippen LogP contribution in [-0.2, 0) is 19.9 Å². The summed E-state index contributed by atoms with van der Waals surface area (Å²) in [4.78, 5) is 0.0447. The maximum atomic E-state index is 13.2. The lowest BCUT2D eigenvalue weighted by Gasteiger charge is -2.31. The molecule has 0 aromatic heterocycles. The topological polar surface area (TPSA) is 71.5 Å². The summed E-state index contributed by atoms with van der Waals surface area (Å²) in [7, 11) is -7.49. The second-order valence-electron chi connectivity index (χ2n) is 6.51. The van der Waals surface area contributed by atoms with Crippen LogP contribution in [0, 0.1) is 18.6 Å². The van der Waals surface area contributed by atoms with Gasteiger partial charge in [-0.05, 0) is 67.8 Å². The first-order valence-corrected chi connectivity index (χ1v) is 11.4. The number of sulfonamides is 1. The summed E-state index contributed by atoms with van der Waals surface area (Å²) in [6.07, 6.45) is 0.276. The summed E-state index contributed by atoms with van der Waals surface area (Å²) in [5.74, 6) is -1.04. The van der Waals surface area contributed by atoms with Gasteiger partial charge in [0.05, 0.1) is 15.0 Å². The van der Waals surface area contributed by atoms with Crippen LogP contribution in [0.2, 0.25) is 0 Å². The smallest absolute Gasteiger partial charge is 0.223 e. The largest absolute Gasteiger partial charge is 0.243 e. The van der Waals surface area contributed by atoms with Crippen molar-refractivity contribution in [1.29, 1.82) is 0 Å². The van der Waals surface area contributed by atoms with Gasteiger partial charge in [0.2, 0.25) is 10.0 Å². The highest BCUT2D eigenvalue weighted by Gasteiger charge is 2.36. The summed E-state index contributed by atoms with van der Waals surface area (Å²) in [6.45, 7) is 1.61. The zero-order valence-corrected chi connectivity index (χ0v) is 16.2. The third-order valence-electron chi connectivity index (χ3n) is 4.74. The molecule has 1 fully saturated rings. The Balaban J connectivity index is 1.77. The van der Waals surface area contributed by atoms with Gasteiger partial charge in [0.15, 0.2) is 9.84 Å². The third kappa shape index (κ3) is 3.90. The Morgan fingerprint density at radius 2 is 1.44 bits per heavy atom. The highest BCUT2D eigenvalue weighted by molar-refractivity contribution is 7.92. The molecule has 2 aromatic rings. The van der Waals surface area contributed by atoms with Crippen molar-refractivity contribution < 1.29 is 25.6 Å². The van der Waals surface area contributed by atoms with Gasteiger partial charge in [-0.1, -0.05) is 0 Å². The predicted molar refractivity (Wildman–Crippen MR) is 96.5 cm³/mol. The number of nitrogens with zero attached hydrogens (tertiary/aromatic N) is 1. The number of benzene rings is 2. The summed E-state index contributed by atoms with van der Waals surface area (Å²) in [6, 6.07) is 8.07. The van der Waals surface area contributed by atoms with Crippen LogP contribution in [0.25, 0.3) is 0 Å². The van der Waals surface area contributed by atoms with Gasteiger partial charge in [-0.15, -0.1) is 0 Å². The van der Waals surface area contributed by atoms with Crippen LogP contribution in [0.15, 0.2) is 52.3 Å². The second kappa shape index (κ2) is 7.29. The van der Waals surface area contributed by atoms with E-state index < -0.39 is 36.7 Å². The first kappa shape index (κ1) is 19.9. The van der Waals surface area contributed by atoms with Gasteiger partial charge in [-0.2, -0.15) is 4.31 Å².